The summed E-state index contributed by atoms with van der Waals surface area (Å²) in [6.45, 7) is 6.01. The van der Waals surface area contributed by atoms with Gasteiger partial charge in [-0.15, -0.1) is 0 Å². The normalized spacial score (nSPS) is 56.7. The molecule has 0 saturated carbocycles. The molecule has 6 heterocycles. The van der Waals surface area contributed by atoms with Crippen molar-refractivity contribution in [2.75, 3.05) is 6.61 Å². The molecule has 362 valence electrons. The minimum Gasteiger partial charge on any atom is -0.394 e. The molecule has 62 heavy (non-hydrogen) atoms. The topological polar surface area (TPSA) is 405 Å². The van der Waals surface area contributed by atoms with E-state index in [1.165, 1.54) is 34.6 Å². The maximum atomic E-state index is 11.4. The third-order valence-electron chi connectivity index (χ3n) is 12.2. The molecule has 26 nitrogen and oxygen atoms in total. The SMILES string of the molecule is C[C@@H]1O[C@@H](O[C@@H]2[C@@H](O)[C@H](C)O[C@@H](O[C@H]3[C@H](O[C@H]4[C@H](O[C@@H]5[C@@H](O)[C@H](C)O[C@@H](O[C@@H]6[C@H](O)[C@@H](O)O[C@H](CO)[C@H]6O)[C@@H]5O)O[C@@H](C)[C@H](O)[C@H]4O)O[C@@H](C)[C@H](O)[C@H]3O)[C@@H]2O)[C@H](O)[C@H](O)[C@H]1O. The van der Waals surface area contributed by atoms with Crippen LogP contribution in [-0.2, 0) is 52.1 Å². The highest BCUT2D eigenvalue weighted by atomic mass is 16.8. The molecule has 15 N–H and O–H groups in total. The van der Waals surface area contributed by atoms with Gasteiger partial charge in [-0.25, -0.2) is 0 Å². The molecule has 0 radical (unpaired) electrons. The van der Waals surface area contributed by atoms with Gasteiger partial charge in [-0.1, -0.05) is 0 Å². The van der Waals surface area contributed by atoms with Crippen LogP contribution in [0.4, 0.5) is 0 Å². The Morgan fingerprint density at radius 2 is 0.597 bits per heavy atom. The lowest BCUT2D eigenvalue weighted by Gasteiger charge is -2.50. The first-order valence-electron chi connectivity index (χ1n) is 20.4. The summed E-state index contributed by atoms with van der Waals surface area (Å²) in [7, 11) is 0. The van der Waals surface area contributed by atoms with Gasteiger partial charge in [0.25, 0.3) is 0 Å². The smallest absolute Gasteiger partial charge is 0.187 e. The molecule has 0 amide bonds. The zero-order valence-electron chi connectivity index (χ0n) is 34.2. The van der Waals surface area contributed by atoms with Crippen molar-refractivity contribution in [2.45, 2.75) is 219 Å². The molecule has 0 aromatic rings. The highest BCUT2D eigenvalue weighted by Crippen LogP contribution is 2.37. The summed E-state index contributed by atoms with van der Waals surface area (Å²) in [5.74, 6) is 0. The Balaban J connectivity index is 1.21. The second-order valence-corrected chi connectivity index (χ2v) is 16.7. The molecule has 26 heteroatoms. The van der Waals surface area contributed by atoms with E-state index in [0.717, 1.165) is 0 Å². The van der Waals surface area contributed by atoms with Crippen LogP contribution < -0.4 is 0 Å². The van der Waals surface area contributed by atoms with Crippen LogP contribution in [0.1, 0.15) is 34.6 Å². The van der Waals surface area contributed by atoms with Crippen molar-refractivity contribution in [1.29, 1.82) is 0 Å². The Morgan fingerprint density at radius 3 is 1.02 bits per heavy atom. The first kappa shape index (κ1) is 50.4. The highest BCUT2D eigenvalue weighted by molar-refractivity contribution is 4.98. The van der Waals surface area contributed by atoms with E-state index in [1.807, 2.05) is 0 Å². The van der Waals surface area contributed by atoms with Crippen molar-refractivity contribution < 1.29 is 129 Å². The van der Waals surface area contributed by atoms with Crippen molar-refractivity contribution in [3.63, 3.8) is 0 Å². The van der Waals surface area contributed by atoms with Crippen LogP contribution in [-0.4, -0.2) is 267 Å². The lowest BCUT2D eigenvalue weighted by molar-refractivity contribution is -0.405. The van der Waals surface area contributed by atoms with E-state index < -0.39 is 191 Å². The first-order chi connectivity index (χ1) is 29.1. The van der Waals surface area contributed by atoms with Gasteiger partial charge in [0, 0.05) is 0 Å². The second-order valence-electron chi connectivity index (χ2n) is 16.7. The Labute approximate surface area is 354 Å². The van der Waals surface area contributed by atoms with E-state index >= 15 is 0 Å². The molecule has 6 aliphatic rings. The standard InChI is InChI=1S/C36H62O26/c1-7-13(38)19(44)22(47)32(52-7)58-26-16(41)10(4)54-34(24(26)49)61-29-20(45)14(39)9(3)56-36(29)62-30-21(46)15(40)8(2)55-35(30)60-27-17(42)11(5)53-33(25(27)50)59-28-18(43)12(6-37)57-31(51)23(28)48/h7-51H,6H2,1-5H3/t7-,8-,9-,10-,11-,12+,13-,14-,15-,16-,17-,18+,19+,20+,21+,22+,23-,24+,25+,26+,27+,28-,29+,30+,31-,32-,33-,34-,35-,36-/m0/s1. The Kier molecular flexibility index (Phi) is 16.6. The number of ether oxygens (including phenoxy) is 11. The number of hydrogen-bond acceptors (Lipinski definition) is 26. The molecule has 0 aliphatic carbocycles. The van der Waals surface area contributed by atoms with Crippen LogP contribution >= 0.6 is 0 Å². The summed E-state index contributed by atoms with van der Waals surface area (Å²) in [5.41, 5.74) is 0. The van der Waals surface area contributed by atoms with Gasteiger partial charge < -0.3 is 129 Å². The van der Waals surface area contributed by atoms with Gasteiger partial charge in [0.2, 0.25) is 0 Å². The molecule has 0 aromatic heterocycles. The van der Waals surface area contributed by atoms with Gasteiger partial charge in [0.1, 0.15) is 116 Å². The fourth-order valence-corrected chi connectivity index (χ4v) is 8.18. The summed E-state index contributed by atoms with van der Waals surface area (Å²) < 4.78 is 62.8. The summed E-state index contributed by atoms with van der Waals surface area (Å²) in [6, 6.07) is 0. The monoisotopic (exact) mass is 910 g/mol. The maximum absolute atomic E-state index is 11.4. The van der Waals surface area contributed by atoms with Crippen molar-refractivity contribution in [3.05, 3.63) is 0 Å². The molecule has 6 fully saturated rings. The summed E-state index contributed by atoms with van der Waals surface area (Å²) in [5, 5.41) is 161. The molecule has 30 atom stereocenters. The maximum Gasteiger partial charge on any atom is 0.187 e. The Hall–Kier alpha value is -1.04. The Morgan fingerprint density at radius 1 is 0.290 bits per heavy atom. The average molecular weight is 911 g/mol. The molecule has 0 spiro atoms. The van der Waals surface area contributed by atoms with Crippen LogP contribution in [0.25, 0.3) is 0 Å². The molecule has 6 aliphatic heterocycles. The summed E-state index contributed by atoms with van der Waals surface area (Å²) in [4.78, 5) is 0. The Bertz CT molecular complexity index is 1420. The van der Waals surface area contributed by atoms with Crippen LogP contribution in [0.15, 0.2) is 0 Å². The van der Waals surface area contributed by atoms with E-state index in [9.17, 15) is 76.6 Å². The molecule has 6 rings (SSSR count). The predicted molar refractivity (Wildman–Crippen MR) is 192 cm³/mol. The fraction of sp³-hybridized carbons (Fsp3) is 1.00. The molecule has 6 saturated heterocycles. The van der Waals surface area contributed by atoms with Crippen molar-refractivity contribution in [1.82, 2.24) is 0 Å². The van der Waals surface area contributed by atoms with Crippen molar-refractivity contribution >= 4 is 0 Å². The van der Waals surface area contributed by atoms with E-state index in [1.54, 1.807) is 0 Å². The largest absolute Gasteiger partial charge is 0.394 e. The van der Waals surface area contributed by atoms with Gasteiger partial charge in [0.05, 0.1) is 37.1 Å². The van der Waals surface area contributed by atoms with Gasteiger partial charge in [-0.3, -0.25) is 0 Å². The van der Waals surface area contributed by atoms with E-state index in [2.05, 4.69) is 0 Å². The summed E-state index contributed by atoms with van der Waals surface area (Å²) in [6.07, 6.45) is -50.0. The zero-order chi connectivity index (χ0) is 45.8. The lowest BCUT2D eigenvalue weighted by atomic mass is 9.96. The van der Waals surface area contributed by atoms with E-state index in [-0.39, 0.29) is 0 Å². The minimum absolute atomic E-state index is 0.790. The van der Waals surface area contributed by atoms with Gasteiger partial charge in [-0.05, 0) is 34.6 Å². The van der Waals surface area contributed by atoms with Crippen LogP contribution in [0, 0.1) is 0 Å². The van der Waals surface area contributed by atoms with Crippen LogP contribution in [0.3, 0.4) is 0 Å². The van der Waals surface area contributed by atoms with Gasteiger partial charge in [0.15, 0.2) is 37.7 Å². The quantitative estimate of drug-likeness (QED) is 0.0915. The van der Waals surface area contributed by atoms with Crippen LogP contribution in [0.5, 0.6) is 0 Å². The predicted octanol–water partition coefficient (Wildman–Crippen LogP) is -8.96. The third kappa shape index (κ3) is 9.97. The number of aliphatic hydroxyl groups excluding tert-OH is 15. The second kappa shape index (κ2) is 20.4. The van der Waals surface area contributed by atoms with Gasteiger partial charge in [-0.2, -0.15) is 0 Å². The van der Waals surface area contributed by atoms with E-state index in [4.69, 9.17) is 52.1 Å². The fourth-order valence-electron chi connectivity index (χ4n) is 8.18. The number of rotatable bonds is 11. The molecule has 0 aromatic carbocycles. The number of hydrogen-bond donors (Lipinski definition) is 15. The van der Waals surface area contributed by atoms with Gasteiger partial charge >= 0.3 is 0 Å². The highest BCUT2D eigenvalue weighted by Gasteiger charge is 2.57. The average Bonchev–Trinajstić information content (AvgIpc) is 3.23. The lowest BCUT2D eigenvalue weighted by Crippen LogP contribution is -2.67. The van der Waals surface area contributed by atoms with Crippen molar-refractivity contribution in [2.24, 2.45) is 0 Å². The number of aliphatic hydroxyl groups is 15. The molecule has 0 unspecified atom stereocenters. The third-order valence-corrected chi connectivity index (χ3v) is 12.2. The molecular formula is C36H62O26. The first-order valence-corrected chi connectivity index (χ1v) is 20.4. The summed E-state index contributed by atoms with van der Waals surface area (Å²) >= 11 is 0. The minimum atomic E-state index is -1.98. The van der Waals surface area contributed by atoms with Crippen LogP contribution in [0.2, 0.25) is 0 Å². The van der Waals surface area contributed by atoms with E-state index in [0.29, 0.717) is 0 Å². The zero-order valence-corrected chi connectivity index (χ0v) is 34.2. The molecular weight excluding hydrogens is 848 g/mol. The van der Waals surface area contributed by atoms with Crippen molar-refractivity contribution in [3.8, 4) is 0 Å². The molecule has 0 bridgehead atoms.